The van der Waals surface area contributed by atoms with Gasteiger partial charge in [-0.25, -0.2) is 0 Å². The molecular formula is C14H22N2O2S. The van der Waals surface area contributed by atoms with E-state index in [4.69, 9.17) is 0 Å². The highest BCUT2D eigenvalue weighted by atomic mass is 32.2. The third-order valence-electron chi connectivity index (χ3n) is 4.67. The van der Waals surface area contributed by atoms with E-state index in [0.717, 1.165) is 50.2 Å². The van der Waals surface area contributed by atoms with Gasteiger partial charge in [-0.1, -0.05) is 6.92 Å². The van der Waals surface area contributed by atoms with Crippen LogP contribution in [0.25, 0.3) is 0 Å². The van der Waals surface area contributed by atoms with Crippen molar-refractivity contribution in [3.8, 4) is 0 Å². The minimum atomic E-state index is -0.199. The first-order chi connectivity index (χ1) is 9.24. The summed E-state index contributed by atoms with van der Waals surface area (Å²) in [6, 6.07) is -0.0507. The Morgan fingerprint density at radius 1 is 1.16 bits per heavy atom. The zero-order chi connectivity index (χ0) is 13.4. The summed E-state index contributed by atoms with van der Waals surface area (Å²) in [5, 5.41) is 0. The van der Waals surface area contributed by atoms with Gasteiger partial charge in [-0.05, 0) is 43.6 Å². The maximum absolute atomic E-state index is 12.7. The van der Waals surface area contributed by atoms with Crippen LogP contribution in [0.5, 0.6) is 0 Å². The lowest BCUT2D eigenvalue weighted by molar-refractivity contribution is -0.162. The molecule has 0 radical (unpaired) electrons. The number of carbonyl (C=O) groups excluding carboxylic acids is 2. The first-order valence-electron chi connectivity index (χ1n) is 7.44. The van der Waals surface area contributed by atoms with Gasteiger partial charge < -0.3 is 9.80 Å². The number of rotatable bonds is 2. The number of piperazine rings is 1. The minimum Gasteiger partial charge on any atom is -0.329 e. The SMILES string of the molecule is CCC1C(=O)N2CCCC2C(=O)N1C1CCSCC1. The van der Waals surface area contributed by atoms with Crippen LogP contribution in [0, 0.1) is 0 Å². The van der Waals surface area contributed by atoms with E-state index in [2.05, 4.69) is 0 Å². The maximum Gasteiger partial charge on any atom is 0.246 e. The third-order valence-corrected chi connectivity index (χ3v) is 5.72. The van der Waals surface area contributed by atoms with Crippen molar-refractivity contribution in [2.75, 3.05) is 18.1 Å². The fourth-order valence-electron chi connectivity index (χ4n) is 3.69. The molecule has 2 atom stereocenters. The average Bonchev–Trinajstić information content (AvgIpc) is 2.93. The molecule has 2 amide bonds. The second-order valence-corrected chi connectivity index (χ2v) is 6.93. The summed E-state index contributed by atoms with van der Waals surface area (Å²) >= 11 is 1.96. The van der Waals surface area contributed by atoms with Crippen LogP contribution in [0.1, 0.15) is 39.0 Å². The Balaban J connectivity index is 1.86. The van der Waals surface area contributed by atoms with Crippen molar-refractivity contribution in [2.24, 2.45) is 0 Å². The molecule has 3 heterocycles. The standard InChI is InChI=1S/C14H22N2O2S/c1-2-11-13(17)15-7-3-4-12(15)14(18)16(11)10-5-8-19-9-6-10/h10-12H,2-9H2,1H3. The van der Waals surface area contributed by atoms with Crippen LogP contribution >= 0.6 is 11.8 Å². The first kappa shape index (κ1) is 13.3. The molecule has 3 saturated heterocycles. The molecule has 3 fully saturated rings. The van der Waals surface area contributed by atoms with E-state index in [-0.39, 0.29) is 23.9 Å². The summed E-state index contributed by atoms with van der Waals surface area (Å²) in [6.45, 7) is 2.80. The Morgan fingerprint density at radius 2 is 1.89 bits per heavy atom. The van der Waals surface area contributed by atoms with Crippen LogP contribution in [-0.2, 0) is 9.59 Å². The highest BCUT2D eigenvalue weighted by molar-refractivity contribution is 7.99. The number of carbonyl (C=O) groups is 2. The molecular weight excluding hydrogens is 260 g/mol. The first-order valence-corrected chi connectivity index (χ1v) is 8.60. The van der Waals surface area contributed by atoms with E-state index in [1.54, 1.807) is 0 Å². The van der Waals surface area contributed by atoms with Gasteiger partial charge in [0.1, 0.15) is 12.1 Å². The summed E-state index contributed by atoms with van der Waals surface area (Å²) < 4.78 is 0. The van der Waals surface area contributed by atoms with Crippen molar-refractivity contribution in [1.29, 1.82) is 0 Å². The monoisotopic (exact) mass is 282 g/mol. The second kappa shape index (κ2) is 5.35. The van der Waals surface area contributed by atoms with Gasteiger partial charge in [-0.15, -0.1) is 0 Å². The number of hydrogen-bond donors (Lipinski definition) is 0. The zero-order valence-electron chi connectivity index (χ0n) is 11.5. The number of fused-ring (bicyclic) bond motifs is 1. The Labute approximate surface area is 118 Å². The fourth-order valence-corrected chi connectivity index (χ4v) is 4.77. The molecule has 0 N–H and O–H groups in total. The highest BCUT2D eigenvalue weighted by Gasteiger charge is 2.49. The van der Waals surface area contributed by atoms with Crippen molar-refractivity contribution in [2.45, 2.75) is 57.2 Å². The molecule has 4 nitrogen and oxygen atoms in total. The number of thioether (sulfide) groups is 1. The second-order valence-electron chi connectivity index (χ2n) is 5.70. The highest BCUT2D eigenvalue weighted by Crippen LogP contribution is 2.33. The molecule has 0 aliphatic carbocycles. The molecule has 0 bridgehead atoms. The topological polar surface area (TPSA) is 40.6 Å². The normalized spacial score (nSPS) is 32.9. The summed E-state index contributed by atoms with van der Waals surface area (Å²) in [5.41, 5.74) is 0. The molecule has 3 aliphatic rings. The van der Waals surface area contributed by atoms with Gasteiger partial charge in [0.2, 0.25) is 11.8 Å². The lowest BCUT2D eigenvalue weighted by Crippen LogP contribution is -2.65. The van der Waals surface area contributed by atoms with Gasteiger partial charge in [-0.2, -0.15) is 11.8 Å². The summed E-state index contributed by atoms with van der Waals surface area (Å²) in [5.74, 6) is 2.66. The van der Waals surface area contributed by atoms with Crippen molar-refractivity contribution >= 4 is 23.6 Å². The smallest absolute Gasteiger partial charge is 0.246 e. The number of hydrogen-bond acceptors (Lipinski definition) is 3. The van der Waals surface area contributed by atoms with E-state index in [0.29, 0.717) is 6.04 Å². The predicted octanol–water partition coefficient (Wildman–Crippen LogP) is 1.49. The van der Waals surface area contributed by atoms with Crippen molar-refractivity contribution in [1.82, 2.24) is 9.80 Å². The van der Waals surface area contributed by atoms with E-state index < -0.39 is 0 Å². The fraction of sp³-hybridized carbons (Fsp3) is 0.857. The van der Waals surface area contributed by atoms with Crippen LogP contribution in [0.4, 0.5) is 0 Å². The number of nitrogens with zero attached hydrogens (tertiary/aromatic N) is 2. The molecule has 0 aromatic heterocycles. The van der Waals surface area contributed by atoms with Gasteiger partial charge in [-0.3, -0.25) is 9.59 Å². The molecule has 5 heteroatoms. The minimum absolute atomic E-state index is 0.148. The van der Waals surface area contributed by atoms with Crippen molar-refractivity contribution < 1.29 is 9.59 Å². The summed E-state index contributed by atoms with van der Waals surface area (Å²) in [7, 11) is 0. The molecule has 0 aromatic carbocycles. The summed E-state index contributed by atoms with van der Waals surface area (Å²) in [4.78, 5) is 29.1. The largest absolute Gasteiger partial charge is 0.329 e. The molecule has 3 aliphatic heterocycles. The maximum atomic E-state index is 12.7. The van der Waals surface area contributed by atoms with Crippen LogP contribution in [-0.4, -0.2) is 57.8 Å². The lowest BCUT2D eigenvalue weighted by Gasteiger charge is -2.46. The zero-order valence-corrected chi connectivity index (χ0v) is 12.3. The molecule has 3 rings (SSSR count). The summed E-state index contributed by atoms with van der Waals surface area (Å²) in [6.07, 6.45) is 4.68. The molecule has 0 spiro atoms. The Hall–Kier alpha value is -0.710. The van der Waals surface area contributed by atoms with Crippen molar-refractivity contribution in [3.63, 3.8) is 0 Å². The quantitative estimate of drug-likeness (QED) is 0.770. The molecule has 0 aromatic rings. The van der Waals surface area contributed by atoms with E-state index in [1.807, 2.05) is 28.5 Å². The van der Waals surface area contributed by atoms with Crippen LogP contribution in [0.2, 0.25) is 0 Å². The van der Waals surface area contributed by atoms with Crippen LogP contribution < -0.4 is 0 Å². The van der Waals surface area contributed by atoms with Gasteiger partial charge in [0.15, 0.2) is 0 Å². The molecule has 2 unspecified atom stereocenters. The molecule has 0 saturated carbocycles. The van der Waals surface area contributed by atoms with Gasteiger partial charge in [0.05, 0.1) is 0 Å². The van der Waals surface area contributed by atoms with Crippen LogP contribution in [0.3, 0.4) is 0 Å². The third kappa shape index (κ3) is 2.16. The van der Waals surface area contributed by atoms with Gasteiger partial charge in [0, 0.05) is 12.6 Å². The van der Waals surface area contributed by atoms with Gasteiger partial charge in [0.25, 0.3) is 0 Å². The predicted molar refractivity (Wildman–Crippen MR) is 76.0 cm³/mol. The van der Waals surface area contributed by atoms with Crippen molar-refractivity contribution in [3.05, 3.63) is 0 Å². The number of amides is 2. The van der Waals surface area contributed by atoms with E-state index in [9.17, 15) is 9.59 Å². The lowest BCUT2D eigenvalue weighted by atomic mass is 9.98. The molecule has 19 heavy (non-hydrogen) atoms. The van der Waals surface area contributed by atoms with E-state index >= 15 is 0 Å². The average molecular weight is 282 g/mol. The Bertz CT molecular complexity index is 382. The molecule has 106 valence electrons. The Kier molecular flexibility index (Phi) is 3.74. The van der Waals surface area contributed by atoms with Crippen LogP contribution in [0.15, 0.2) is 0 Å². The van der Waals surface area contributed by atoms with E-state index in [1.165, 1.54) is 0 Å². The Morgan fingerprint density at radius 3 is 2.58 bits per heavy atom. The van der Waals surface area contributed by atoms with Gasteiger partial charge >= 0.3 is 0 Å².